The second kappa shape index (κ2) is 5.40. The molecule has 0 aliphatic rings. The van der Waals surface area contributed by atoms with Gasteiger partial charge in [-0.3, -0.25) is 0 Å². The van der Waals surface area contributed by atoms with Gasteiger partial charge in [0.15, 0.2) is 0 Å². The molecule has 0 spiro atoms. The standard InChI is InChI=1S/C14H16BrN3/c1-3-10-6-12(5-4-9(10)2)18-14-13(15)7-11(16)8-17-14/h4-8H,3,16H2,1-2H3,(H,17,18). The molecule has 2 aromatic rings. The number of hydrogen-bond donors (Lipinski definition) is 2. The van der Waals surface area contributed by atoms with E-state index in [0.717, 1.165) is 22.4 Å². The minimum atomic E-state index is 0.644. The molecule has 0 amide bonds. The topological polar surface area (TPSA) is 50.9 Å². The SMILES string of the molecule is CCc1cc(Nc2ncc(N)cc2Br)ccc1C. The van der Waals surface area contributed by atoms with Crippen LogP contribution in [0.15, 0.2) is 34.9 Å². The van der Waals surface area contributed by atoms with Crippen LogP contribution in [0.5, 0.6) is 0 Å². The Morgan fingerprint density at radius 1 is 1.33 bits per heavy atom. The number of nitrogens with zero attached hydrogens (tertiary/aromatic N) is 1. The van der Waals surface area contributed by atoms with Crippen LogP contribution < -0.4 is 11.1 Å². The first-order valence-corrected chi connectivity index (χ1v) is 6.67. The largest absolute Gasteiger partial charge is 0.397 e. The van der Waals surface area contributed by atoms with E-state index >= 15 is 0 Å². The van der Waals surface area contributed by atoms with Crippen molar-refractivity contribution in [2.24, 2.45) is 0 Å². The molecule has 0 aliphatic heterocycles. The summed E-state index contributed by atoms with van der Waals surface area (Å²) in [5.41, 5.74) is 10.00. The minimum absolute atomic E-state index is 0.644. The van der Waals surface area contributed by atoms with E-state index in [4.69, 9.17) is 5.73 Å². The smallest absolute Gasteiger partial charge is 0.144 e. The number of nitrogens with two attached hydrogens (primary N) is 1. The Bertz CT molecular complexity index is 567. The van der Waals surface area contributed by atoms with Crippen molar-refractivity contribution in [2.45, 2.75) is 20.3 Å². The van der Waals surface area contributed by atoms with Crippen LogP contribution in [0.1, 0.15) is 18.1 Å². The molecule has 18 heavy (non-hydrogen) atoms. The van der Waals surface area contributed by atoms with Gasteiger partial charge in [0.25, 0.3) is 0 Å². The summed E-state index contributed by atoms with van der Waals surface area (Å²) in [5.74, 6) is 0.773. The number of nitrogen functional groups attached to an aromatic ring is 1. The summed E-state index contributed by atoms with van der Waals surface area (Å²) in [7, 11) is 0. The molecule has 0 saturated carbocycles. The van der Waals surface area contributed by atoms with E-state index in [2.05, 4.69) is 58.3 Å². The van der Waals surface area contributed by atoms with E-state index in [1.54, 1.807) is 6.20 Å². The molecule has 1 aromatic heterocycles. The first-order chi connectivity index (χ1) is 8.60. The lowest BCUT2D eigenvalue weighted by Gasteiger charge is -2.10. The van der Waals surface area contributed by atoms with Crippen LogP contribution in [-0.2, 0) is 6.42 Å². The van der Waals surface area contributed by atoms with Crippen LogP contribution in [0.2, 0.25) is 0 Å². The third-order valence-corrected chi connectivity index (χ3v) is 3.46. The minimum Gasteiger partial charge on any atom is -0.397 e. The summed E-state index contributed by atoms with van der Waals surface area (Å²) < 4.78 is 0.862. The fourth-order valence-electron chi connectivity index (χ4n) is 1.81. The molecule has 4 heteroatoms. The lowest BCUT2D eigenvalue weighted by atomic mass is 10.1. The van der Waals surface area contributed by atoms with Gasteiger partial charge in [0.1, 0.15) is 5.82 Å². The summed E-state index contributed by atoms with van der Waals surface area (Å²) in [5, 5.41) is 3.29. The molecule has 0 bridgehead atoms. The zero-order chi connectivity index (χ0) is 13.1. The van der Waals surface area contributed by atoms with E-state index < -0.39 is 0 Å². The van der Waals surface area contributed by atoms with Crippen molar-refractivity contribution in [3.05, 3.63) is 46.1 Å². The summed E-state index contributed by atoms with van der Waals surface area (Å²) in [6.07, 6.45) is 2.67. The van der Waals surface area contributed by atoms with Crippen molar-refractivity contribution in [1.82, 2.24) is 4.98 Å². The lowest BCUT2D eigenvalue weighted by Crippen LogP contribution is -1.97. The maximum atomic E-state index is 5.67. The highest BCUT2D eigenvalue weighted by Crippen LogP contribution is 2.26. The van der Waals surface area contributed by atoms with Crippen LogP contribution in [0.3, 0.4) is 0 Å². The molecule has 0 aliphatic carbocycles. The molecule has 0 unspecified atom stereocenters. The fourth-order valence-corrected chi connectivity index (χ4v) is 2.28. The number of benzene rings is 1. The number of rotatable bonds is 3. The molecule has 3 nitrogen and oxygen atoms in total. The third-order valence-electron chi connectivity index (χ3n) is 2.86. The van der Waals surface area contributed by atoms with Crippen molar-refractivity contribution in [1.29, 1.82) is 0 Å². The van der Waals surface area contributed by atoms with Crippen LogP contribution >= 0.6 is 15.9 Å². The van der Waals surface area contributed by atoms with Crippen molar-refractivity contribution in [3.8, 4) is 0 Å². The molecule has 3 N–H and O–H groups in total. The van der Waals surface area contributed by atoms with Crippen LogP contribution in [0.4, 0.5) is 17.2 Å². The number of nitrogens with one attached hydrogen (secondary N) is 1. The van der Waals surface area contributed by atoms with Gasteiger partial charge < -0.3 is 11.1 Å². The van der Waals surface area contributed by atoms with Crippen LogP contribution in [-0.4, -0.2) is 4.98 Å². The van der Waals surface area contributed by atoms with Crippen molar-refractivity contribution in [3.63, 3.8) is 0 Å². The summed E-state index contributed by atoms with van der Waals surface area (Å²) in [6, 6.07) is 8.16. The molecule has 1 aromatic carbocycles. The molecule has 1 heterocycles. The highest BCUT2D eigenvalue weighted by atomic mass is 79.9. The van der Waals surface area contributed by atoms with Gasteiger partial charge in [0.05, 0.1) is 16.4 Å². The van der Waals surface area contributed by atoms with Gasteiger partial charge in [-0.2, -0.15) is 0 Å². The number of anilines is 3. The zero-order valence-electron chi connectivity index (χ0n) is 10.5. The van der Waals surface area contributed by atoms with Gasteiger partial charge in [0, 0.05) is 5.69 Å². The van der Waals surface area contributed by atoms with Gasteiger partial charge >= 0.3 is 0 Å². The molecule has 0 atom stereocenters. The predicted octanol–water partition coefficient (Wildman–Crippen LogP) is 4.04. The second-order valence-corrected chi connectivity index (χ2v) is 5.07. The number of hydrogen-bond acceptors (Lipinski definition) is 3. The van der Waals surface area contributed by atoms with Gasteiger partial charge in [-0.25, -0.2) is 4.98 Å². The monoisotopic (exact) mass is 305 g/mol. The highest BCUT2D eigenvalue weighted by Gasteiger charge is 2.04. The maximum absolute atomic E-state index is 5.67. The predicted molar refractivity (Wildman–Crippen MR) is 80.2 cm³/mol. The van der Waals surface area contributed by atoms with Gasteiger partial charge in [-0.1, -0.05) is 13.0 Å². The van der Waals surface area contributed by atoms with Crippen molar-refractivity contribution < 1.29 is 0 Å². The highest BCUT2D eigenvalue weighted by molar-refractivity contribution is 9.10. The Morgan fingerprint density at radius 2 is 2.11 bits per heavy atom. The first-order valence-electron chi connectivity index (χ1n) is 5.87. The Labute approximate surface area is 116 Å². The number of aryl methyl sites for hydroxylation is 2. The third kappa shape index (κ3) is 2.82. The second-order valence-electron chi connectivity index (χ2n) is 4.22. The Kier molecular flexibility index (Phi) is 3.87. The Hall–Kier alpha value is -1.55. The lowest BCUT2D eigenvalue weighted by molar-refractivity contribution is 1.11. The first kappa shape index (κ1) is 12.9. The number of aromatic nitrogens is 1. The van der Waals surface area contributed by atoms with Crippen molar-refractivity contribution >= 4 is 33.1 Å². The summed E-state index contributed by atoms with van der Waals surface area (Å²) >= 11 is 3.45. The quantitative estimate of drug-likeness (QED) is 0.899. The summed E-state index contributed by atoms with van der Waals surface area (Å²) in [6.45, 7) is 4.28. The molecule has 0 fully saturated rings. The van der Waals surface area contributed by atoms with Gasteiger partial charge in [-0.05, 0) is 58.6 Å². The van der Waals surface area contributed by atoms with Gasteiger partial charge in [0.2, 0.25) is 0 Å². The normalized spacial score (nSPS) is 10.4. The zero-order valence-corrected chi connectivity index (χ0v) is 12.1. The van der Waals surface area contributed by atoms with Crippen molar-refractivity contribution in [2.75, 3.05) is 11.1 Å². The number of halogens is 1. The van der Waals surface area contributed by atoms with E-state index in [-0.39, 0.29) is 0 Å². The molecular formula is C14H16BrN3. The van der Waals surface area contributed by atoms with E-state index in [1.807, 2.05) is 6.07 Å². The molecule has 0 radical (unpaired) electrons. The molecule has 0 saturated heterocycles. The maximum Gasteiger partial charge on any atom is 0.144 e. The van der Waals surface area contributed by atoms with E-state index in [1.165, 1.54) is 11.1 Å². The average Bonchev–Trinajstić information content (AvgIpc) is 2.35. The van der Waals surface area contributed by atoms with Crippen LogP contribution in [0, 0.1) is 6.92 Å². The number of pyridine rings is 1. The summed E-state index contributed by atoms with van der Waals surface area (Å²) in [4.78, 5) is 4.27. The Balaban J connectivity index is 2.28. The average molecular weight is 306 g/mol. The molecular weight excluding hydrogens is 290 g/mol. The van der Waals surface area contributed by atoms with E-state index in [0.29, 0.717) is 5.69 Å². The Morgan fingerprint density at radius 3 is 2.78 bits per heavy atom. The fraction of sp³-hybridized carbons (Fsp3) is 0.214. The molecule has 94 valence electrons. The van der Waals surface area contributed by atoms with Crippen LogP contribution in [0.25, 0.3) is 0 Å². The molecule has 2 rings (SSSR count). The van der Waals surface area contributed by atoms with E-state index in [9.17, 15) is 0 Å². The van der Waals surface area contributed by atoms with Gasteiger partial charge in [-0.15, -0.1) is 0 Å².